The first-order valence-electron chi connectivity index (χ1n) is 9.66. The van der Waals surface area contributed by atoms with Gasteiger partial charge in [-0.25, -0.2) is 4.79 Å². The minimum absolute atomic E-state index is 0.00350. The number of amides is 2. The van der Waals surface area contributed by atoms with Gasteiger partial charge in [0, 0.05) is 64.3 Å². The molecular formula is C20H32N4O2S. The highest BCUT2D eigenvalue weighted by atomic mass is 32.2. The van der Waals surface area contributed by atoms with Crippen LogP contribution in [0.4, 0.5) is 10.5 Å². The molecule has 1 N–H and O–H groups in total. The number of carbonyl (C=O) groups excluding carboxylic acids is 1. The van der Waals surface area contributed by atoms with Gasteiger partial charge in [0.1, 0.15) is 0 Å². The largest absolute Gasteiger partial charge is 0.379 e. The molecule has 2 amide bonds. The number of morpholine rings is 1. The van der Waals surface area contributed by atoms with Crippen LogP contribution < -0.4 is 10.2 Å². The molecule has 1 atom stereocenters. The van der Waals surface area contributed by atoms with E-state index in [0.29, 0.717) is 13.1 Å². The highest BCUT2D eigenvalue weighted by molar-refractivity contribution is 7.99. The highest BCUT2D eigenvalue weighted by Crippen LogP contribution is 2.33. The Hall–Kier alpha value is -1.44. The predicted molar refractivity (Wildman–Crippen MR) is 113 cm³/mol. The van der Waals surface area contributed by atoms with Crippen LogP contribution in [0.3, 0.4) is 0 Å². The number of benzene rings is 1. The quantitative estimate of drug-likeness (QED) is 0.803. The van der Waals surface area contributed by atoms with Crippen LogP contribution in [0.15, 0.2) is 24.3 Å². The second kappa shape index (κ2) is 9.17. The average Bonchev–Trinajstić information content (AvgIpc) is 3.17. The zero-order chi connectivity index (χ0) is 19.3. The number of rotatable bonds is 6. The van der Waals surface area contributed by atoms with E-state index >= 15 is 0 Å². The molecule has 0 bridgehead atoms. The normalized spacial score (nSPS) is 23.2. The van der Waals surface area contributed by atoms with Gasteiger partial charge in [-0.2, -0.15) is 11.8 Å². The molecule has 2 heterocycles. The first kappa shape index (κ1) is 20.3. The molecule has 0 saturated carbocycles. The number of hydrogen-bond donors (Lipinski definition) is 1. The molecule has 2 fully saturated rings. The smallest absolute Gasteiger partial charge is 0.317 e. The monoisotopic (exact) mass is 392 g/mol. The number of carbonyl (C=O) groups is 1. The van der Waals surface area contributed by atoms with E-state index in [4.69, 9.17) is 4.74 Å². The molecule has 0 aromatic heterocycles. The van der Waals surface area contributed by atoms with E-state index in [2.05, 4.69) is 39.4 Å². The number of nitrogens with zero attached hydrogens (tertiary/aromatic N) is 3. The SMILES string of the molecule is CN(Cc1ccc(N(C)C)cc1)C(=O)NC[C@@]1(N2CCOCC2)CCSC1. The zero-order valence-corrected chi connectivity index (χ0v) is 17.6. The van der Waals surface area contributed by atoms with E-state index < -0.39 is 0 Å². The first-order chi connectivity index (χ1) is 13.0. The third-order valence-corrected chi connectivity index (χ3v) is 6.79. The second-order valence-corrected chi connectivity index (χ2v) is 8.81. The van der Waals surface area contributed by atoms with Crippen LogP contribution in [-0.2, 0) is 11.3 Å². The zero-order valence-electron chi connectivity index (χ0n) is 16.7. The van der Waals surface area contributed by atoms with Crippen LogP contribution in [0.2, 0.25) is 0 Å². The number of anilines is 1. The van der Waals surface area contributed by atoms with Crippen LogP contribution in [-0.4, -0.2) is 86.9 Å². The fourth-order valence-corrected chi connectivity index (χ4v) is 5.23. The molecule has 150 valence electrons. The second-order valence-electron chi connectivity index (χ2n) is 7.70. The predicted octanol–water partition coefficient (Wildman–Crippen LogP) is 2.10. The fraction of sp³-hybridized carbons (Fsp3) is 0.650. The molecule has 27 heavy (non-hydrogen) atoms. The Morgan fingerprint density at radius 1 is 1.22 bits per heavy atom. The summed E-state index contributed by atoms with van der Waals surface area (Å²) in [6, 6.07) is 8.34. The Balaban J connectivity index is 1.54. The molecule has 2 aliphatic rings. The lowest BCUT2D eigenvalue weighted by atomic mass is 9.95. The van der Waals surface area contributed by atoms with Crippen LogP contribution in [0.5, 0.6) is 0 Å². The molecule has 7 heteroatoms. The summed E-state index contributed by atoms with van der Waals surface area (Å²) in [4.78, 5) is 19.0. The molecule has 2 saturated heterocycles. The molecule has 1 aromatic carbocycles. The molecule has 0 unspecified atom stereocenters. The summed E-state index contributed by atoms with van der Waals surface area (Å²) in [6.45, 7) is 4.84. The van der Waals surface area contributed by atoms with Crippen molar-refractivity contribution in [2.45, 2.75) is 18.5 Å². The lowest BCUT2D eigenvalue weighted by molar-refractivity contribution is -0.0127. The van der Waals surface area contributed by atoms with Crippen molar-refractivity contribution in [3.05, 3.63) is 29.8 Å². The fourth-order valence-electron chi connectivity index (χ4n) is 3.76. The Kier molecular flexibility index (Phi) is 6.89. The summed E-state index contributed by atoms with van der Waals surface area (Å²) in [5.74, 6) is 2.25. The van der Waals surface area contributed by atoms with Crippen molar-refractivity contribution in [1.82, 2.24) is 15.1 Å². The molecule has 0 spiro atoms. The molecule has 2 aliphatic heterocycles. The van der Waals surface area contributed by atoms with Gasteiger partial charge in [-0.1, -0.05) is 12.1 Å². The van der Waals surface area contributed by atoms with E-state index in [-0.39, 0.29) is 11.6 Å². The van der Waals surface area contributed by atoms with Gasteiger partial charge in [-0.3, -0.25) is 4.90 Å². The van der Waals surface area contributed by atoms with Gasteiger partial charge in [0.25, 0.3) is 0 Å². The Bertz CT molecular complexity index is 611. The molecule has 3 rings (SSSR count). The Morgan fingerprint density at radius 2 is 1.93 bits per heavy atom. The van der Waals surface area contributed by atoms with Gasteiger partial charge in [-0.05, 0) is 29.9 Å². The lowest BCUT2D eigenvalue weighted by Gasteiger charge is -2.43. The molecular weight excluding hydrogens is 360 g/mol. The van der Waals surface area contributed by atoms with Crippen LogP contribution in [0.25, 0.3) is 0 Å². The number of hydrogen-bond acceptors (Lipinski definition) is 5. The van der Waals surface area contributed by atoms with Crippen molar-refractivity contribution in [2.24, 2.45) is 0 Å². The van der Waals surface area contributed by atoms with Gasteiger partial charge in [-0.15, -0.1) is 0 Å². The summed E-state index contributed by atoms with van der Waals surface area (Å²) in [5, 5.41) is 3.20. The van der Waals surface area contributed by atoms with Crippen molar-refractivity contribution in [1.29, 1.82) is 0 Å². The summed E-state index contributed by atoms with van der Waals surface area (Å²) in [5.41, 5.74) is 2.38. The lowest BCUT2D eigenvalue weighted by Crippen LogP contribution is -2.59. The summed E-state index contributed by atoms with van der Waals surface area (Å²) < 4.78 is 5.51. The van der Waals surface area contributed by atoms with Crippen molar-refractivity contribution < 1.29 is 9.53 Å². The number of urea groups is 1. The van der Waals surface area contributed by atoms with E-state index in [1.807, 2.05) is 32.9 Å². The maximum atomic E-state index is 12.7. The Morgan fingerprint density at radius 3 is 2.52 bits per heavy atom. The Labute approximate surface area is 167 Å². The van der Waals surface area contributed by atoms with Gasteiger partial charge < -0.3 is 19.9 Å². The third kappa shape index (κ3) is 5.09. The van der Waals surface area contributed by atoms with E-state index in [1.165, 1.54) is 5.75 Å². The van der Waals surface area contributed by atoms with Crippen molar-refractivity contribution in [2.75, 3.05) is 70.4 Å². The van der Waals surface area contributed by atoms with Crippen LogP contribution in [0, 0.1) is 0 Å². The highest BCUT2D eigenvalue weighted by Gasteiger charge is 2.41. The van der Waals surface area contributed by atoms with Crippen LogP contribution in [0.1, 0.15) is 12.0 Å². The minimum Gasteiger partial charge on any atom is -0.379 e. The standard InChI is InChI=1S/C20H32N4O2S/c1-22(2)18-6-4-17(5-7-18)14-23(3)19(25)21-15-20(8-13-27-16-20)24-9-11-26-12-10-24/h4-7H,8-16H2,1-3H3,(H,21,25)/t20-/m0/s1. The topological polar surface area (TPSA) is 48.0 Å². The summed E-state index contributed by atoms with van der Waals surface area (Å²) in [6.07, 6.45) is 1.13. The van der Waals surface area contributed by atoms with Gasteiger partial charge in [0.15, 0.2) is 0 Å². The van der Waals surface area contributed by atoms with Gasteiger partial charge >= 0.3 is 6.03 Å². The van der Waals surface area contributed by atoms with Crippen LogP contribution >= 0.6 is 11.8 Å². The van der Waals surface area contributed by atoms with Crippen molar-refractivity contribution in [3.63, 3.8) is 0 Å². The molecule has 0 radical (unpaired) electrons. The number of thioether (sulfide) groups is 1. The summed E-state index contributed by atoms with van der Waals surface area (Å²) in [7, 11) is 5.92. The third-order valence-electron chi connectivity index (χ3n) is 5.55. The minimum atomic E-state index is -0.00350. The van der Waals surface area contributed by atoms with E-state index in [1.54, 1.807) is 4.90 Å². The number of ether oxygens (including phenoxy) is 1. The van der Waals surface area contributed by atoms with E-state index in [9.17, 15) is 4.79 Å². The molecule has 1 aromatic rings. The average molecular weight is 393 g/mol. The maximum Gasteiger partial charge on any atom is 0.317 e. The molecule has 0 aliphatic carbocycles. The van der Waals surface area contributed by atoms with Gasteiger partial charge in [0.05, 0.1) is 13.2 Å². The van der Waals surface area contributed by atoms with E-state index in [0.717, 1.165) is 49.7 Å². The maximum absolute atomic E-state index is 12.7. The number of nitrogens with one attached hydrogen (secondary N) is 1. The van der Waals surface area contributed by atoms with Gasteiger partial charge in [0.2, 0.25) is 0 Å². The van der Waals surface area contributed by atoms with Crippen molar-refractivity contribution >= 4 is 23.5 Å². The first-order valence-corrected chi connectivity index (χ1v) is 10.8. The molecule has 6 nitrogen and oxygen atoms in total. The summed E-state index contributed by atoms with van der Waals surface area (Å²) >= 11 is 1.99. The van der Waals surface area contributed by atoms with Crippen molar-refractivity contribution in [3.8, 4) is 0 Å².